The van der Waals surface area contributed by atoms with Gasteiger partial charge in [0.15, 0.2) is 0 Å². The van der Waals surface area contributed by atoms with E-state index in [1.165, 1.54) is 31.3 Å². The highest BCUT2D eigenvalue weighted by molar-refractivity contribution is 5.84. The number of ether oxygens (including phenoxy) is 1. The molecule has 1 aromatic rings. The van der Waals surface area contributed by atoms with Crippen LogP contribution >= 0.6 is 0 Å². The molecule has 4 heteroatoms. The van der Waals surface area contributed by atoms with Crippen molar-refractivity contribution in [2.45, 2.75) is 45.1 Å². The molecule has 22 heavy (non-hydrogen) atoms. The first-order valence-electron chi connectivity index (χ1n) is 8.06. The summed E-state index contributed by atoms with van der Waals surface area (Å²) in [4.78, 5) is 12.2. The summed E-state index contributed by atoms with van der Waals surface area (Å²) >= 11 is 0. The number of carbonyl (C=O) groups excluding carboxylic acids is 1. The smallest absolute Gasteiger partial charge is 0.242 e. The molecule has 1 atom stereocenters. The number of carbonyl (C=O) groups is 1. The van der Waals surface area contributed by atoms with Crippen molar-refractivity contribution in [1.29, 1.82) is 0 Å². The van der Waals surface area contributed by atoms with Crippen LogP contribution in [0, 0.1) is 0 Å². The molecule has 1 aliphatic carbocycles. The Morgan fingerprint density at radius 2 is 2.14 bits per heavy atom. The standard InChI is InChI=1S/C18H26N2O2/c1-14(20-16-10-6-7-11-17(16)22-2)18(21)19-13-12-15-8-4-3-5-9-15/h6-8,10-11,14,20H,3-5,9,12-13H2,1-2H3,(H,19,21). The Morgan fingerprint density at radius 3 is 2.86 bits per heavy atom. The summed E-state index contributed by atoms with van der Waals surface area (Å²) in [6, 6.07) is 7.33. The lowest BCUT2D eigenvalue weighted by atomic mass is 9.97. The molecule has 4 nitrogen and oxygen atoms in total. The summed E-state index contributed by atoms with van der Waals surface area (Å²) in [6.07, 6.45) is 8.25. The van der Waals surface area contributed by atoms with E-state index in [1.807, 2.05) is 31.2 Å². The van der Waals surface area contributed by atoms with Gasteiger partial charge in [0.05, 0.1) is 12.8 Å². The third-order valence-corrected chi connectivity index (χ3v) is 4.00. The van der Waals surface area contributed by atoms with Gasteiger partial charge in [-0.1, -0.05) is 23.8 Å². The molecule has 0 fully saturated rings. The Hall–Kier alpha value is -1.97. The predicted octanol–water partition coefficient (Wildman–Crippen LogP) is 3.50. The molecule has 0 aliphatic heterocycles. The summed E-state index contributed by atoms with van der Waals surface area (Å²) in [5.41, 5.74) is 2.32. The van der Waals surface area contributed by atoms with Gasteiger partial charge in [0.25, 0.3) is 0 Å². The summed E-state index contributed by atoms with van der Waals surface area (Å²) in [5.74, 6) is 0.761. The van der Waals surface area contributed by atoms with Crippen molar-refractivity contribution in [3.63, 3.8) is 0 Å². The number of hydrogen-bond acceptors (Lipinski definition) is 3. The number of hydrogen-bond donors (Lipinski definition) is 2. The van der Waals surface area contributed by atoms with E-state index in [2.05, 4.69) is 16.7 Å². The fourth-order valence-corrected chi connectivity index (χ4v) is 2.69. The number of rotatable bonds is 7. The molecule has 1 aromatic carbocycles. The van der Waals surface area contributed by atoms with Gasteiger partial charge in [-0.3, -0.25) is 4.79 Å². The number of anilines is 1. The molecular formula is C18H26N2O2. The highest BCUT2D eigenvalue weighted by Crippen LogP contribution is 2.23. The number of nitrogens with one attached hydrogen (secondary N) is 2. The van der Waals surface area contributed by atoms with Crippen LogP contribution in [0.4, 0.5) is 5.69 Å². The molecule has 1 amide bonds. The summed E-state index contributed by atoms with van der Waals surface area (Å²) in [5, 5.41) is 6.20. The van der Waals surface area contributed by atoms with E-state index in [9.17, 15) is 4.79 Å². The van der Waals surface area contributed by atoms with Crippen LogP contribution in [-0.4, -0.2) is 25.6 Å². The lowest BCUT2D eigenvalue weighted by Gasteiger charge is -2.18. The number of benzene rings is 1. The Labute approximate surface area is 132 Å². The molecule has 0 aromatic heterocycles. The monoisotopic (exact) mass is 302 g/mol. The molecule has 2 N–H and O–H groups in total. The van der Waals surface area contributed by atoms with E-state index in [-0.39, 0.29) is 11.9 Å². The van der Waals surface area contributed by atoms with Crippen LogP contribution < -0.4 is 15.4 Å². The van der Waals surface area contributed by atoms with Crippen LogP contribution in [-0.2, 0) is 4.79 Å². The van der Waals surface area contributed by atoms with Crippen molar-refractivity contribution in [1.82, 2.24) is 5.32 Å². The van der Waals surface area contributed by atoms with E-state index >= 15 is 0 Å². The summed E-state index contributed by atoms with van der Waals surface area (Å²) < 4.78 is 5.28. The van der Waals surface area contributed by atoms with Gasteiger partial charge in [0.1, 0.15) is 11.8 Å². The minimum Gasteiger partial charge on any atom is -0.495 e. The first kappa shape index (κ1) is 16.4. The average molecular weight is 302 g/mol. The highest BCUT2D eigenvalue weighted by atomic mass is 16.5. The lowest BCUT2D eigenvalue weighted by Crippen LogP contribution is -2.38. The Bertz CT molecular complexity index is 526. The van der Waals surface area contributed by atoms with E-state index in [1.54, 1.807) is 7.11 Å². The topological polar surface area (TPSA) is 50.4 Å². The quantitative estimate of drug-likeness (QED) is 0.758. The third-order valence-electron chi connectivity index (χ3n) is 4.00. The zero-order valence-electron chi connectivity index (χ0n) is 13.5. The van der Waals surface area contributed by atoms with Crippen LogP contribution in [0.25, 0.3) is 0 Å². The van der Waals surface area contributed by atoms with Crippen LogP contribution in [0.1, 0.15) is 39.0 Å². The van der Waals surface area contributed by atoms with E-state index in [4.69, 9.17) is 4.74 Å². The van der Waals surface area contributed by atoms with Crippen molar-refractivity contribution in [3.8, 4) is 5.75 Å². The molecule has 1 aliphatic rings. The van der Waals surface area contributed by atoms with Gasteiger partial charge in [0.2, 0.25) is 5.91 Å². The first-order valence-corrected chi connectivity index (χ1v) is 8.06. The second-order valence-corrected chi connectivity index (χ2v) is 5.72. The highest BCUT2D eigenvalue weighted by Gasteiger charge is 2.14. The maximum absolute atomic E-state index is 12.2. The van der Waals surface area contributed by atoms with Crippen molar-refractivity contribution in [3.05, 3.63) is 35.9 Å². The van der Waals surface area contributed by atoms with Gasteiger partial charge in [-0.25, -0.2) is 0 Å². The number of methoxy groups -OCH3 is 1. The Kier molecular flexibility index (Phi) is 6.31. The molecule has 0 radical (unpaired) electrons. The minimum atomic E-state index is -0.295. The number of amides is 1. The number of para-hydroxylation sites is 2. The van der Waals surface area contributed by atoms with E-state index in [0.717, 1.165) is 17.9 Å². The fourth-order valence-electron chi connectivity index (χ4n) is 2.69. The minimum absolute atomic E-state index is 0.0160. The molecule has 120 valence electrons. The third kappa shape index (κ3) is 4.79. The zero-order valence-corrected chi connectivity index (χ0v) is 13.5. The normalized spacial score (nSPS) is 15.6. The van der Waals surface area contributed by atoms with Gasteiger partial charge in [-0.15, -0.1) is 0 Å². The SMILES string of the molecule is COc1ccccc1NC(C)C(=O)NCCC1=CCCCC1. The van der Waals surface area contributed by atoms with Crippen LogP contribution in [0.15, 0.2) is 35.9 Å². The Balaban J connectivity index is 1.78. The molecule has 0 saturated carbocycles. The molecule has 2 rings (SSSR count). The second kappa shape index (κ2) is 8.47. The maximum atomic E-state index is 12.2. The van der Waals surface area contributed by atoms with Gasteiger partial charge in [-0.05, 0) is 51.2 Å². The van der Waals surface area contributed by atoms with Gasteiger partial charge < -0.3 is 15.4 Å². The lowest BCUT2D eigenvalue weighted by molar-refractivity contribution is -0.121. The first-order chi connectivity index (χ1) is 10.7. The van der Waals surface area contributed by atoms with Crippen molar-refractivity contribution in [2.24, 2.45) is 0 Å². The number of allylic oxidation sites excluding steroid dienone is 1. The largest absolute Gasteiger partial charge is 0.495 e. The second-order valence-electron chi connectivity index (χ2n) is 5.72. The fraction of sp³-hybridized carbons (Fsp3) is 0.500. The van der Waals surface area contributed by atoms with Crippen molar-refractivity contribution in [2.75, 3.05) is 19.0 Å². The Morgan fingerprint density at radius 1 is 1.32 bits per heavy atom. The maximum Gasteiger partial charge on any atom is 0.242 e. The molecule has 0 heterocycles. The van der Waals surface area contributed by atoms with Gasteiger partial charge in [0, 0.05) is 6.54 Å². The molecular weight excluding hydrogens is 276 g/mol. The summed E-state index contributed by atoms with van der Waals surface area (Å²) in [6.45, 7) is 2.57. The van der Waals surface area contributed by atoms with E-state index < -0.39 is 0 Å². The molecule has 1 unspecified atom stereocenters. The zero-order chi connectivity index (χ0) is 15.8. The molecule has 0 bridgehead atoms. The molecule has 0 spiro atoms. The van der Waals surface area contributed by atoms with E-state index in [0.29, 0.717) is 6.54 Å². The molecule has 0 saturated heterocycles. The van der Waals surface area contributed by atoms with Crippen molar-refractivity contribution < 1.29 is 9.53 Å². The predicted molar refractivity (Wildman–Crippen MR) is 90.3 cm³/mol. The summed E-state index contributed by atoms with van der Waals surface area (Å²) in [7, 11) is 1.63. The van der Waals surface area contributed by atoms with Gasteiger partial charge >= 0.3 is 0 Å². The van der Waals surface area contributed by atoms with Gasteiger partial charge in [-0.2, -0.15) is 0 Å². The van der Waals surface area contributed by atoms with Crippen LogP contribution in [0.5, 0.6) is 5.75 Å². The van der Waals surface area contributed by atoms with Crippen LogP contribution in [0.2, 0.25) is 0 Å². The van der Waals surface area contributed by atoms with Crippen LogP contribution in [0.3, 0.4) is 0 Å². The average Bonchev–Trinajstić information content (AvgIpc) is 2.56. The van der Waals surface area contributed by atoms with Crippen molar-refractivity contribution >= 4 is 11.6 Å².